The van der Waals surface area contributed by atoms with E-state index in [1.807, 2.05) is 26.0 Å². The molecule has 3 rings (SSSR count). The lowest BCUT2D eigenvalue weighted by Crippen LogP contribution is -2.32. The molecule has 0 saturated carbocycles. The molecule has 2 aromatic carbocycles. The Hall–Kier alpha value is -2.68. The van der Waals surface area contributed by atoms with Crippen LogP contribution in [-0.4, -0.2) is 20.2 Å². The van der Waals surface area contributed by atoms with Crippen LogP contribution in [0.5, 0.6) is 0 Å². The SMILES string of the molecule is CC(C)c1ccc(N2C(=O)C(Cl)=C(Nc3ccc(S(N)(=O)=O)cc3)C2=O)cc1. The van der Waals surface area contributed by atoms with Gasteiger partial charge in [-0.25, -0.2) is 18.5 Å². The lowest BCUT2D eigenvalue weighted by atomic mass is 10.0. The van der Waals surface area contributed by atoms with E-state index in [9.17, 15) is 18.0 Å². The number of hydrogen-bond acceptors (Lipinski definition) is 5. The van der Waals surface area contributed by atoms with Crippen LogP contribution in [0.4, 0.5) is 11.4 Å². The Kier molecular flexibility index (Phi) is 5.29. The van der Waals surface area contributed by atoms with Crippen LogP contribution < -0.4 is 15.4 Å². The predicted molar refractivity (Wildman–Crippen MR) is 107 cm³/mol. The maximum Gasteiger partial charge on any atom is 0.283 e. The van der Waals surface area contributed by atoms with Gasteiger partial charge in [0.2, 0.25) is 10.0 Å². The van der Waals surface area contributed by atoms with Crippen LogP contribution in [0.15, 0.2) is 64.2 Å². The molecule has 0 atom stereocenters. The summed E-state index contributed by atoms with van der Waals surface area (Å²) in [7, 11) is -3.83. The van der Waals surface area contributed by atoms with Gasteiger partial charge in [0.1, 0.15) is 10.7 Å². The molecule has 1 aliphatic rings. The fourth-order valence-electron chi connectivity index (χ4n) is 2.73. The van der Waals surface area contributed by atoms with Crippen LogP contribution in [0.25, 0.3) is 0 Å². The van der Waals surface area contributed by atoms with Crippen molar-refractivity contribution in [2.75, 3.05) is 10.2 Å². The molecule has 0 radical (unpaired) electrons. The summed E-state index contributed by atoms with van der Waals surface area (Å²) in [4.78, 5) is 26.2. The zero-order valence-corrected chi connectivity index (χ0v) is 16.7. The Labute approximate surface area is 167 Å². The van der Waals surface area contributed by atoms with Crippen LogP contribution in [0, 0.1) is 0 Å². The zero-order chi connectivity index (χ0) is 20.6. The minimum absolute atomic E-state index is 0.0705. The van der Waals surface area contributed by atoms with E-state index in [-0.39, 0.29) is 15.6 Å². The molecule has 2 aromatic rings. The van der Waals surface area contributed by atoms with Crippen LogP contribution in [0.1, 0.15) is 25.3 Å². The van der Waals surface area contributed by atoms with Gasteiger partial charge < -0.3 is 5.32 Å². The molecule has 28 heavy (non-hydrogen) atoms. The van der Waals surface area contributed by atoms with Crippen LogP contribution in [-0.2, 0) is 19.6 Å². The molecule has 9 heteroatoms. The average molecular weight is 420 g/mol. The molecular weight excluding hydrogens is 402 g/mol. The number of hydrogen-bond donors (Lipinski definition) is 2. The van der Waals surface area contributed by atoms with Crippen molar-refractivity contribution in [3.05, 3.63) is 64.8 Å². The number of carbonyl (C=O) groups is 2. The summed E-state index contributed by atoms with van der Waals surface area (Å²) in [6.07, 6.45) is 0. The number of benzene rings is 2. The van der Waals surface area contributed by atoms with E-state index in [1.54, 1.807) is 12.1 Å². The number of primary sulfonamides is 1. The molecule has 0 aromatic heterocycles. The first kappa shape index (κ1) is 20.1. The number of amides is 2. The molecule has 0 fully saturated rings. The molecule has 1 aliphatic heterocycles. The van der Waals surface area contributed by atoms with Crippen molar-refractivity contribution in [3.63, 3.8) is 0 Å². The standard InChI is InChI=1S/C19H18ClN3O4S/c1-11(2)12-3-7-14(8-4-12)23-18(24)16(20)17(19(23)25)22-13-5-9-15(10-6-13)28(21,26)27/h3-11,22H,1-2H3,(H2,21,26,27). The highest BCUT2D eigenvalue weighted by Gasteiger charge is 2.38. The third-order valence-corrected chi connectivity index (χ3v) is 5.58. The Bertz CT molecular complexity index is 1080. The minimum atomic E-state index is -3.83. The highest BCUT2D eigenvalue weighted by Crippen LogP contribution is 2.31. The van der Waals surface area contributed by atoms with Gasteiger partial charge in [0.05, 0.1) is 10.6 Å². The Morgan fingerprint density at radius 2 is 1.54 bits per heavy atom. The predicted octanol–water partition coefficient (Wildman–Crippen LogP) is 2.89. The fourth-order valence-corrected chi connectivity index (χ4v) is 3.45. The van der Waals surface area contributed by atoms with Crippen molar-refractivity contribution in [2.45, 2.75) is 24.7 Å². The first-order valence-electron chi connectivity index (χ1n) is 8.38. The second-order valence-corrected chi connectivity index (χ2v) is 8.51. The van der Waals surface area contributed by atoms with Gasteiger partial charge in [0, 0.05) is 5.69 Å². The van der Waals surface area contributed by atoms with E-state index in [1.165, 1.54) is 24.3 Å². The van der Waals surface area contributed by atoms with Crippen LogP contribution >= 0.6 is 11.6 Å². The van der Waals surface area contributed by atoms with Crippen molar-refractivity contribution >= 4 is 44.8 Å². The minimum Gasteiger partial charge on any atom is -0.350 e. The zero-order valence-electron chi connectivity index (χ0n) is 15.1. The number of sulfonamides is 1. The molecule has 0 unspecified atom stereocenters. The maximum absolute atomic E-state index is 12.8. The molecule has 0 aliphatic carbocycles. The number of halogens is 1. The van der Waals surface area contributed by atoms with Crippen molar-refractivity contribution in [3.8, 4) is 0 Å². The lowest BCUT2D eigenvalue weighted by molar-refractivity contribution is -0.120. The van der Waals surface area contributed by atoms with E-state index in [0.29, 0.717) is 17.3 Å². The van der Waals surface area contributed by atoms with Gasteiger partial charge in [-0.05, 0) is 47.9 Å². The third kappa shape index (κ3) is 3.80. The summed E-state index contributed by atoms with van der Waals surface area (Å²) in [5.74, 6) is -0.909. The summed E-state index contributed by atoms with van der Waals surface area (Å²) in [5.41, 5.74) is 1.80. The molecule has 2 amide bonds. The van der Waals surface area contributed by atoms with E-state index in [4.69, 9.17) is 16.7 Å². The second kappa shape index (κ2) is 7.38. The van der Waals surface area contributed by atoms with Gasteiger partial charge in [-0.2, -0.15) is 0 Å². The lowest BCUT2D eigenvalue weighted by Gasteiger charge is -2.16. The summed E-state index contributed by atoms with van der Waals surface area (Å²) in [5, 5.41) is 7.60. The molecule has 0 bridgehead atoms. The number of anilines is 2. The summed E-state index contributed by atoms with van der Waals surface area (Å²) in [6.45, 7) is 4.09. The number of rotatable bonds is 5. The van der Waals surface area contributed by atoms with Crippen LogP contribution in [0.2, 0.25) is 0 Å². The highest BCUT2D eigenvalue weighted by molar-refractivity contribution is 7.89. The van der Waals surface area contributed by atoms with E-state index in [0.717, 1.165) is 10.5 Å². The molecular formula is C19H18ClN3O4S. The highest BCUT2D eigenvalue weighted by atomic mass is 35.5. The van der Waals surface area contributed by atoms with E-state index < -0.39 is 21.8 Å². The molecule has 7 nitrogen and oxygen atoms in total. The summed E-state index contributed by atoms with van der Waals surface area (Å²) >= 11 is 6.09. The average Bonchev–Trinajstić information content (AvgIpc) is 2.85. The normalized spacial score (nSPS) is 15.0. The first-order valence-corrected chi connectivity index (χ1v) is 10.3. The summed E-state index contributed by atoms with van der Waals surface area (Å²) in [6, 6.07) is 12.5. The van der Waals surface area contributed by atoms with Gasteiger partial charge in [0.25, 0.3) is 11.8 Å². The molecule has 0 saturated heterocycles. The number of nitrogens with zero attached hydrogens (tertiary/aromatic N) is 1. The maximum atomic E-state index is 12.8. The van der Waals surface area contributed by atoms with Gasteiger partial charge >= 0.3 is 0 Å². The Morgan fingerprint density at radius 3 is 2.04 bits per heavy atom. The van der Waals surface area contributed by atoms with Gasteiger partial charge in [-0.3, -0.25) is 9.59 Å². The monoisotopic (exact) mass is 419 g/mol. The van der Waals surface area contributed by atoms with Crippen LogP contribution in [0.3, 0.4) is 0 Å². The quantitative estimate of drug-likeness (QED) is 0.724. The smallest absolute Gasteiger partial charge is 0.283 e. The Morgan fingerprint density at radius 1 is 0.964 bits per heavy atom. The summed E-state index contributed by atoms with van der Waals surface area (Å²) < 4.78 is 22.6. The molecule has 146 valence electrons. The number of carbonyl (C=O) groups excluding carboxylic acids is 2. The van der Waals surface area contributed by atoms with Crippen molar-refractivity contribution in [1.82, 2.24) is 0 Å². The van der Waals surface area contributed by atoms with Crippen molar-refractivity contribution < 1.29 is 18.0 Å². The topological polar surface area (TPSA) is 110 Å². The fraction of sp³-hybridized carbons (Fsp3) is 0.158. The number of nitrogens with one attached hydrogen (secondary N) is 1. The van der Waals surface area contributed by atoms with Crippen molar-refractivity contribution in [2.24, 2.45) is 5.14 Å². The Balaban J connectivity index is 1.85. The molecule has 1 heterocycles. The number of nitrogens with two attached hydrogens (primary N) is 1. The number of imide groups is 1. The van der Waals surface area contributed by atoms with Gasteiger partial charge in [-0.1, -0.05) is 37.6 Å². The van der Waals surface area contributed by atoms with E-state index in [2.05, 4.69) is 5.32 Å². The second-order valence-electron chi connectivity index (χ2n) is 6.58. The van der Waals surface area contributed by atoms with E-state index >= 15 is 0 Å². The largest absolute Gasteiger partial charge is 0.350 e. The van der Waals surface area contributed by atoms with Gasteiger partial charge in [0.15, 0.2) is 0 Å². The van der Waals surface area contributed by atoms with Gasteiger partial charge in [-0.15, -0.1) is 0 Å². The van der Waals surface area contributed by atoms with Crippen molar-refractivity contribution in [1.29, 1.82) is 0 Å². The molecule has 3 N–H and O–H groups in total. The third-order valence-electron chi connectivity index (χ3n) is 4.30. The first-order chi connectivity index (χ1) is 13.1. The molecule has 0 spiro atoms.